The molecule has 0 fully saturated rings. The van der Waals surface area contributed by atoms with Crippen molar-refractivity contribution in [1.29, 1.82) is 0 Å². The van der Waals surface area contributed by atoms with Gasteiger partial charge in [-0.2, -0.15) is 18.3 Å². The van der Waals surface area contributed by atoms with Crippen LogP contribution >= 0.6 is 11.6 Å². The van der Waals surface area contributed by atoms with Gasteiger partial charge in [0.1, 0.15) is 11.4 Å². The van der Waals surface area contributed by atoms with Gasteiger partial charge in [-0.05, 0) is 41.5 Å². The van der Waals surface area contributed by atoms with Crippen LogP contribution in [0.2, 0.25) is 5.02 Å². The number of aromatic amines is 1. The maximum Gasteiger partial charge on any atom is 0.416 e. The summed E-state index contributed by atoms with van der Waals surface area (Å²) in [4.78, 5) is 17.3. The topological polar surface area (TPSA) is 82.7 Å². The van der Waals surface area contributed by atoms with Crippen LogP contribution in [0, 0.1) is 5.82 Å². The van der Waals surface area contributed by atoms with E-state index in [9.17, 15) is 22.4 Å². The fraction of sp³-hybridized carbons (Fsp3) is 0.125. The minimum Gasteiger partial charge on any atom is -0.322 e. The smallest absolute Gasteiger partial charge is 0.322 e. The lowest BCUT2D eigenvalue weighted by Crippen LogP contribution is -2.51. The molecular weight excluding hydrogens is 486 g/mol. The van der Waals surface area contributed by atoms with Crippen LogP contribution in [0.1, 0.15) is 22.4 Å². The Morgan fingerprint density at radius 2 is 1.74 bits per heavy atom. The number of hydrogen-bond acceptors (Lipinski definition) is 3. The Balaban J connectivity index is 1.92. The van der Waals surface area contributed by atoms with Gasteiger partial charge in [0.25, 0.3) is 0 Å². The first-order valence-electron chi connectivity index (χ1n) is 10.3. The van der Waals surface area contributed by atoms with E-state index in [4.69, 9.17) is 11.6 Å². The fourth-order valence-electron chi connectivity index (χ4n) is 3.72. The first-order valence-corrected chi connectivity index (χ1v) is 10.7. The van der Waals surface area contributed by atoms with Crippen LogP contribution in [0.5, 0.6) is 0 Å². The molecule has 0 spiro atoms. The zero-order chi connectivity index (χ0) is 25.1. The van der Waals surface area contributed by atoms with E-state index < -0.39 is 29.1 Å². The van der Waals surface area contributed by atoms with Crippen LogP contribution in [-0.4, -0.2) is 21.2 Å². The molecule has 2 aromatic carbocycles. The largest absolute Gasteiger partial charge is 0.416 e. The highest BCUT2D eigenvalue weighted by Crippen LogP contribution is 2.38. The third-order valence-electron chi connectivity index (χ3n) is 5.26. The molecule has 0 radical (unpaired) electrons. The highest BCUT2D eigenvalue weighted by atomic mass is 35.5. The molecule has 0 bridgehead atoms. The molecule has 4 aromatic rings. The molecule has 0 aliphatic heterocycles. The molecule has 35 heavy (non-hydrogen) atoms. The zero-order valence-electron chi connectivity index (χ0n) is 17.9. The summed E-state index contributed by atoms with van der Waals surface area (Å²) >= 11 is 6.00. The molecule has 4 rings (SSSR count). The summed E-state index contributed by atoms with van der Waals surface area (Å²) in [6.45, 7) is 0. The zero-order valence-corrected chi connectivity index (χ0v) is 18.7. The molecular formula is C24H18ClF4N5O. The molecule has 11 heteroatoms. The average Bonchev–Trinajstić information content (AvgIpc) is 3.31. The van der Waals surface area contributed by atoms with Gasteiger partial charge in [0.2, 0.25) is 0 Å². The number of halogens is 5. The summed E-state index contributed by atoms with van der Waals surface area (Å²) in [5, 5.41) is 11.9. The van der Waals surface area contributed by atoms with Crippen molar-refractivity contribution in [1.82, 2.24) is 20.5 Å². The molecule has 2 aromatic heterocycles. The second-order valence-corrected chi connectivity index (χ2v) is 8.13. The van der Waals surface area contributed by atoms with Gasteiger partial charge in [-0.3, -0.25) is 15.4 Å². The molecule has 0 saturated carbocycles. The van der Waals surface area contributed by atoms with E-state index in [0.717, 1.165) is 12.1 Å². The number of rotatable bonds is 6. The van der Waals surface area contributed by atoms with Crippen LogP contribution in [0.15, 0.2) is 79.1 Å². The minimum atomic E-state index is -4.82. The van der Waals surface area contributed by atoms with Crippen molar-refractivity contribution in [3.05, 3.63) is 112 Å². The number of carbonyl (C=O) groups is 1. The average molecular weight is 504 g/mol. The molecule has 2 amide bonds. The van der Waals surface area contributed by atoms with Crippen molar-refractivity contribution >= 4 is 23.4 Å². The first kappa shape index (κ1) is 24.2. The number of nitrogens with zero attached hydrogens (tertiary/aromatic N) is 2. The van der Waals surface area contributed by atoms with E-state index in [1.165, 1.54) is 30.6 Å². The lowest BCUT2D eigenvalue weighted by atomic mass is 9.80. The lowest BCUT2D eigenvalue weighted by Gasteiger charge is -2.35. The highest BCUT2D eigenvalue weighted by molar-refractivity contribution is 6.30. The van der Waals surface area contributed by atoms with Gasteiger partial charge in [-0.25, -0.2) is 9.18 Å². The summed E-state index contributed by atoms with van der Waals surface area (Å²) in [5.41, 5.74) is -2.26. The number of amides is 2. The third-order valence-corrected chi connectivity index (χ3v) is 5.49. The Bertz CT molecular complexity index is 1300. The third kappa shape index (κ3) is 5.60. The molecule has 1 atom stereocenters. The molecule has 0 aliphatic carbocycles. The molecule has 180 valence electrons. The summed E-state index contributed by atoms with van der Waals surface area (Å²) < 4.78 is 55.4. The number of pyridine rings is 1. The van der Waals surface area contributed by atoms with Gasteiger partial charge >= 0.3 is 12.2 Å². The predicted molar refractivity (Wildman–Crippen MR) is 122 cm³/mol. The van der Waals surface area contributed by atoms with Gasteiger partial charge in [-0.1, -0.05) is 41.9 Å². The van der Waals surface area contributed by atoms with Crippen molar-refractivity contribution in [2.75, 3.05) is 5.32 Å². The second-order valence-electron chi connectivity index (χ2n) is 7.69. The number of nitrogens with one attached hydrogen (secondary N) is 3. The SMILES string of the molecule is O=C(Nc1cc[nH]n1)N[C@](Cc1ccccc1)(c1cc(F)cc(C(F)(F)F)c1)c1ccc(Cl)cn1. The lowest BCUT2D eigenvalue weighted by molar-refractivity contribution is -0.137. The molecule has 0 aliphatic rings. The minimum absolute atomic E-state index is 0.0444. The maximum atomic E-state index is 14.6. The molecule has 0 saturated heterocycles. The van der Waals surface area contributed by atoms with Gasteiger partial charge in [-0.15, -0.1) is 0 Å². The van der Waals surface area contributed by atoms with E-state index in [-0.39, 0.29) is 28.5 Å². The van der Waals surface area contributed by atoms with Crippen LogP contribution < -0.4 is 10.6 Å². The summed E-state index contributed by atoms with van der Waals surface area (Å²) in [6, 6.07) is 14.5. The Hall–Kier alpha value is -3.92. The van der Waals surface area contributed by atoms with E-state index in [1.807, 2.05) is 0 Å². The Labute approximate surface area is 202 Å². The predicted octanol–water partition coefficient (Wildman–Crippen LogP) is 5.92. The van der Waals surface area contributed by atoms with Crippen LogP contribution in [-0.2, 0) is 18.1 Å². The summed E-state index contributed by atoms with van der Waals surface area (Å²) in [7, 11) is 0. The number of alkyl halides is 3. The number of urea groups is 1. The van der Waals surface area contributed by atoms with E-state index in [0.29, 0.717) is 11.6 Å². The number of aromatic nitrogens is 3. The van der Waals surface area contributed by atoms with E-state index in [1.54, 1.807) is 30.3 Å². The first-order chi connectivity index (χ1) is 16.7. The van der Waals surface area contributed by atoms with Gasteiger partial charge in [0.15, 0.2) is 5.82 Å². The van der Waals surface area contributed by atoms with E-state index >= 15 is 0 Å². The normalized spacial score (nSPS) is 13.2. The Morgan fingerprint density at radius 1 is 1.00 bits per heavy atom. The number of anilines is 1. The molecule has 3 N–H and O–H groups in total. The summed E-state index contributed by atoms with van der Waals surface area (Å²) in [6.07, 6.45) is -2.08. The van der Waals surface area contributed by atoms with Crippen LogP contribution in [0.25, 0.3) is 0 Å². The van der Waals surface area contributed by atoms with Gasteiger partial charge < -0.3 is 5.32 Å². The van der Waals surface area contributed by atoms with E-state index in [2.05, 4.69) is 25.8 Å². The quantitative estimate of drug-likeness (QED) is 0.285. The Kier molecular flexibility index (Phi) is 6.74. The number of carbonyl (C=O) groups excluding carboxylic acids is 1. The van der Waals surface area contributed by atoms with Gasteiger partial charge in [0, 0.05) is 24.9 Å². The van der Waals surface area contributed by atoms with Crippen LogP contribution in [0.4, 0.5) is 28.2 Å². The van der Waals surface area contributed by atoms with Crippen LogP contribution in [0.3, 0.4) is 0 Å². The van der Waals surface area contributed by atoms with Crippen molar-refractivity contribution in [3.63, 3.8) is 0 Å². The second kappa shape index (κ2) is 9.75. The molecule has 2 heterocycles. The Morgan fingerprint density at radius 3 is 2.37 bits per heavy atom. The van der Waals surface area contributed by atoms with Crippen molar-refractivity contribution < 1.29 is 22.4 Å². The van der Waals surface area contributed by atoms with Crippen molar-refractivity contribution in [2.24, 2.45) is 0 Å². The maximum absolute atomic E-state index is 14.6. The number of H-pyrrole nitrogens is 1. The molecule has 0 unspecified atom stereocenters. The highest BCUT2D eigenvalue weighted by Gasteiger charge is 2.41. The number of hydrogen-bond donors (Lipinski definition) is 3. The standard InChI is InChI=1S/C24H18ClF4N5O/c25-18-6-7-20(30-14-18)23(13-15-4-2-1-3-5-15,33-22(35)32-21-8-9-31-34-21)16-10-17(24(27,28)29)12-19(26)11-16/h1-12,14H,13H2,(H3,31,32,33,34,35)/t23-/m1/s1. The summed E-state index contributed by atoms with van der Waals surface area (Å²) in [5.74, 6) is -0.939. The van der Waals surface area contributed by atoms with Gasteiger partial charge in [0.05, 0.1) is 16.3 Å². The monoisotopic (exact) mass is 503 g/mol. The number of benzene rings is 2. The van der Waals surface area contributed by atoms with Crippen molar-refractivity contribution in [3.8, 4) is 0 Å². The fourth-order valence-corrected chi connectivity index (χ4v) is 3.83. The van der Waals surface area contributed by atoms with Crippen molar-refractivity contribution in [2.45, 2.75) is 18.1 Å². The molecule has 6 nitrogen and oxygen atoms in total.